The van der Waals surface area contributed by atoms with E-state index in [4.69, 9.17) is 14.2 Å². The van der Waals surface area contributed by atoms with Gasteiger partial charge in [-0.3, -0.25) is 14.4 Å². The van der Waals surface area contributed by atoms with Crippen LogP contribution in [0.2, 0.25) is 0 Å². The van der Waals surface area contributed by atoms with Crippen LogP contribution in [-0.4, -0.2) is 37.2 Å². The molecule has 0 aromatic heterocycles. The van der Waals surface area contributed by atoms with Gasteiger partial charge < -0.3 is 14.2 Å². The van der Waals surface area contributed by atoms with Crippen LogP contribution in [0.25, 0.3) is 0 Å². The van der Waals surface area contributed by atoms with E-state index in [2.05, 4.69) is 142 Å². The molecule has 0 heterocycles. The Labute approximate surface area is 475 Å². The lowest BCUT2D eigenvalue weighted by Gasteiger charge is -2.18. The van der Waals surface area contributed by atoms with Crippen molar-refractivity contribution in [2.24, 2.45) is 0 Å². The van der Waals surface area contributed by atoms with Gasteiger partial charge in [-0.25, -0.2) is 0 Å². The minimum Gasteiger partial charge on any atom is -0.462 e. The summed E-state index contributed by atoms with van der Waals surface area (Å²) >= 11 is 0. The zero-order chi connectivity index (χ0) is 55.7. The van der Waals surface area contributed by atoms with Crippen LogP contribution in [0.3, 0.4) is 0 Å². The average Bonchev–Trinajstić information content (AvgIpc) is 3.43. The molecule has 0 rings (SSSR count). The first kappa shape index (κ1) is 72.8. The van der Waals surface area contributed by atoms with Crippen LogP contribution in [0.15, 0.2) is 122 Å². The Balaban J connectivity index is 4.33. The summed E-state index contributed by atoms with van der Waals surface area (Å²) in [5, 5.41) is 0. The molecule has 0 aliphatic carbocycles. The summed E-state index contributed by atoms with van der Waals surface area (Å²) in [4.78, 5) is 38.3. The molecule has 0 amide bonds. The molecule has 438 valence electrons. The van der Waals surface area contributed by atoms with Crippen molar-refractivity contribution in [1.82, 2.24) is 0 Å². The van der Waals surface area contributed by atoms with E-state index in [0.29, 0.717) is 19.3 Å². The highest BCUT2D eigenvalue weighted by atomic mass is 16.6. The van der Waals surface area contributed by atoms with Gasteiger partial charge in [0.15, 0.2) is 6.10 Å². The molecule has 0 radical (unpaired) electrons. The van der Waals surface area contributed by atoms with Crippen LogP contribution >= 0.6 is 0 Å². The second-order valence-electron chi connectivity index (χ2n) is 20.9. The van der Waals surface area contributed by atoms with Gasteiger partial charge in [-0.1, -0.05) is 277 Å². The summed E-state index contributed by atoms with van der Waals surface area (Å²) in [5.41, 5.74) is 0. The number of hydrogen-bond donors (Lipinski definition) is 0. The first-order valence-corrected chi connectivity index (χ1v) is 32.0. The van der Waals surface area contributed by atoms with Crippen LogP contribution in [0, 0.1) is 0 Å². The Hall–Kier alpha value is -4.19. The fourth-order valence-corrected chi connectivity index (χ4v) is 8.67. The second kappa shape index (κ2) is 64.3. The molecule has 0 fully saturated rings. The molecule has 1 atom stereocenters. The molecule has 1 unspecified atom stereocenters. The summed E-state index contributed by atoms with van der Waals surface area (Å²) in [5.74, 6) is -0.907. The largest absolute Gasteiger partial charge is 0.462 e. The lowest BCUT2D eigenvalue weighted by atomic mass is 10.1. The molecule has 6 heteroatoms. The molecule has 0 saturated heterocycles. The standard InChI is InChI=1S/C71H118O6/c1-4-7-10-13-16-19-22-24-26-28-30-31-32-33-34-35-36-37-38-39-41-42-44-46-49-52-55-58-61-64-70(73)76-67-68(66-75-69(72)63-60-57-54-51-48-21-18-15-12-9-6-3)77-71(74)65-62-59-56-53-50-47-45-43-40-29-27-25-23-20-17-14-11-8-5-2/h7,10,16-17,19-20,24-27,30-31,33-34,36-37,39-41,43,68H,4-6,8-9,11-15,18,21-23,28-29,32,35,38,42,44-67H2,1-3H3/b10-7-,19-16-,20-17-,26-24-,27-25-,31-30-,34-33-,37-36-,41-39-,43-40-. The fraction of sp³-hybridized carbons (Fsp3) is 0.676. The molecule has 0 spiro atoms. The van der Waals surface area contributed by atoms with Gasteiger partial charge in [0.2, 0.25) is 0 Å². The maximum absolute atomic E-state index is 12.9. The molecular weight excluding hydrogens is 949 g/mol. The van der Waals surface area contributed by atoms with E-state index in [1.165, 1.54) is 116 Å². The van der Waals surface area contributed by atoms with Crippen LogP contribution < -0.4 is 0 Å². The van der Waals surface area contributed by atoms with E-state index in [-0.39, 0.29) is 31.1 Å². The maximum Gasteiger partial charge on any atom is 0.306 e. The summed E-state index contributed by atoms with van der Waals surface area (Å²) in [7, 11) is 0. The highest BCUT2D eigenvalue weighted by Crippen LogP contribution is 2.15. The van der Waals surface area contributed by atoms with Crippen molar-refractivity contribution in [2.75, 3.05) is 13.2 Å². The smallest absolute Gasteiger partial charge is 0.306 e. The Kier molecular flexibility index (Phi) is 60.8. The summed E-state index contributed by atoms with van der Waals surface area (Å²) in [6, 6.07) is 0. The zero-order valence-corrected chi connectivity index (χ0v) is 50.2. The first-order valence-electron chi connectivity index (χ1n) is 32.0. The van der Waals surface area contributed by atoms with Crippen LogP contribution in [0.5, 0.6) is 0 Å². The number of esters is 3. The third kappa shape index (κ3) is 62.5. The third-order valence-electron chi connectivity index (χ3n) is 13.5. The van der Waals surface area contributed by atoms with Gasteiger partial charge in [-0.2, -0.15) is 0 Å². The fourth-order valence-electron chi connectivity index (χ4n) is 8.67. The van der Waals surface area contributed by atoms with Crippen molar-refractivity contribution in [2.45, 2.75) is 297 Å². The number of hydrogen-bond acceptors (Lipinski definition) is 6. The topological polar surface area (TPSA) is 78.9 Å². The van der Waals surface area contributed by atoms with E-state index < -0.39 is 6.10 Å². The monoisotopic (exact) mass is 1070 g/mol. The van der Waals surface area contributed by atoms with Crippen molar-refractivity contribution < 1.29 is 28.6 Å². The van der Waals surface area contributed by atoms with Crippen LogP contribution in [0.1, 0.15) is 290 Å². The van der Waals surface area contributed by atoms with E-state index in [9.17, 15) is 14.4 Å². The van der Waals surface area contributed by atoms with Crippen LogP contribution in [0.4, 0.5) is 0 Å². The number of carbonyl (C=O) groups excluding carboxylic acids is 3. The number of ether oxygens (including phenoxy) is 3. The molecule has 77 heavy (non-hydrogen) atoms. The Bertz CT molecular complexity index is 1600. The molecule has 0 aliphatic rings. The minimum atomic E-state index is -0.792. The molecule has 0 aromatic carbocycles. The summed E-state index contributed by atoms with van der Waals surface area (Å²) in [6.07, 6.45) is 89.1. The first-order chi connectivity index (χ1) is 38.0. The van der Waals surface area contributed by atoms with Crippen molar-refractivity contribution >= 4 is 17.9 Å². The quantitative estimate of drug-likeness (QED) is 0.0261. The van der Waals surface area contributed by atoms with Crippen molar-refractivity contribution in [1.29, 1.82) is 0 Å². The van der Waals surface area contributed by atoms with E-state index >= 15 is 0 Å². The Morgan fingerprint density at radius 3 is 0.818 bits per heavy atom. The van der Waals surface area contributed by atoms with Crippen LogP contribution in [-0.2, 0) is 28.6 Å². The van der Waals surface area contributed by atoms with Crippen molar-refractivity contribution in [3.8, 4) is 0 Å². The molecule has 0 bridgehead atoms. The predicted octanol–water partition coefficient (Wildman–Crippen LogP) is 22.0. The molecule has 0 aromatic rings. The molecular formula is C71H118O6. The summed E-state index contributed by atoms with van der Waals surface area (Å²) in [6.45, 7) is 6.48. The zero-order valence-electron chi connectivity index (χ0n) is 50.2. The molecule has 0 aliphatic heterocycles. The van der Waals surface area contributed by atoms with Gasteiger partial charge in [-0.15, -0.1) is 0 Å². The Morgan fingerprint density at radius 1 is 0.273 bits per heavy atom. The van der Waals surface area contributed by atoms with Gasteiger partial charge >= 0.3 is 17.9 Å². The third-order valence-corrected chi connectivity index (χ3v) is 13.5. The SMILES string of the molecule is CC/C=C\C/C=C\C/C=C\C/C=C\C/C=C\C/C=C\C/C=C\CCCCCCCCCC(=O)OCC(COC(=O)CCCCCCCCCCCCC)OC(=O)CCCCCCCC/C=C\C/C=C\C/C=C\CCCCC. The van der Waals surface area contributed by atoms with Gasteiger partial charge in [0, 0.05) is 19.3 Å². The lowest BCUT2D eigenvalue weighted by Crippen LogP contribution is -2.30. The van der Waals surface area contributed by atoms with Crippen molar-refractivity contribution in [3.05, 3.63) is 122 Å². The van der Waals surface area contributed by atoms with Crippen molar-refractivity contribution in [3.63, 3.8) is 0 Å². The van der Waals surface area contributed by atoms with Gasteiger partial charge in [-0.05, 0) is 116 Å². The lowest BCUT2D eigenvalue weighted by molar-refractivity contribution is -0.167. The molecule has 6 nitrogen and oxygen atoms in total. The predicted molar refractivity (Wildman–Crippen MR) is 334 cm³/mol. The normalized spacial score (nSPS) is 12.9. The minimum absolute atomic E-state index is 0.0869. The van der Waals surface area contributed by atoms with E-state index in [1.807, 2.05) is 0 Å². The highest BCUT2D eigenvalue weighted by Gasteiger charge is 2.19. The van der Waals surface area contributed by atoms with Gasteiger partial charge in [0.1, 0.15) is 13.2 Å². The van der Waals surface area contributed by atoms with Gasteiger partial charge in [0.25, 0.3) is 0 Å². The molecule has 0 N–H and O–H groups in total. The number of carbonyl (C=O) groups is 3. The van der Waals surface area contributed by atoms with E-state index in [0.717, 1.165) is 135 Å². The second-order valence-corrected chi connectivity index (χ2v) is 20.9. The average molecular weight is 1070 g/mol. The number of unbranched alkanes of at least 4 members (excludes halogenated alkanes) is 26. The Morgan fingerprint density at radius 2 is 0.506 bits per heavy atom. The maximum atomic E-state index is 12.9. The number of allylic oxidation sites excluding steroid dienone is 20. The highest BCUT2D eigenvalue weighted by molar-refractivity contribution is 5.71. The number of rotatable bonds is 57. The van der Waals surface area contributed by atoms with E-state index in [1.54, 1.807) is 0 Å². The molecule has 0 saturated carbocycles. The van der Waals surface area contributed by atoms with Gasteiger partial charge in [0.05, 0.1) is 0 Å². The summed E-state index contributed by atoms with van der Waals surface area (Å²) < 4.78 is 16.9.